The Hall–Kier alpha value is -1.49. The third-order valence-corrected chi connectivity index (χ3v) is 8.88. The monoisotopic (exact) mass is 426 g/mol. The zero-order chi connectivity index (χ0) is 19.9. The molecule has 0 unspecified atom stereocenters. The second-order valence-electron chi connectivity index (χ2n) is 7.84. The summed E-state index contributed by atoms with van der Waals surface area (Å²) < 4.78 is 23.3. The highest BCUT2D eigenvalue weighted by Gasteiger charge is 2.34. The summed E-state index contributed by atoms with van der Waals surface area (Å²) >= 11 is 1.47. The number of primary amides is 1. The van der Waals surface area contributed by atoms with Gasteiger partial charge in [0.2, 0.25) is 5.91 Å². The molecule has 2 amide bonds. The van der Waals surface area contributed by atoms with Gasteiger partial charge >= 0.3 is 0 Å². The van der Waals surface area contributed by atoms with E-state index >= 15 is 0 Å². The number of amides is 2. The number of nitrogens with two attached hydrogens (primary N) is 1. The molecular weight excluding hydrogens is 400 g/mol. The molecular formula is C18H26N4O4S2. The molecule has 8 nitrogen and oxygen atoms in total. The number of nitrogens with zero attached hydrogens (tertiary/aromatic N) is 2. The van der Waals surface area contributed by atoms with E-state index in [0.29, 0.717) is 17.0 Å². The lowest BCUT2D eigenvalue weighted by Crippen LogP contribution is -2.52. The van der Waals surface area contributed by atoms with E-state index in [0.717, 1.165) is 55.9 Å². The molecule has 0 radical (unpaired) electrons. The van der Waals surface area contributed by atoms with E-state index in [9.17, 15) is 18.0 Å². The standard InChI is InChI=1S/C18H26N4O4S2/c19-17(24)16-13-2-1-3-14(13)27-18(16)20-15(23)10-21-5-7-22(8-6-21)12-4-9-28(25,26)11-12/h12H,1-11H2,(H2,19,24)(H,20,23)/t12-/m0/s1. The predicted octanol–water partition coefficient (Wildman–Crippen LogP) is 0.0789. The maximum Gasteiger partial charge on any atom is 0.251 e. The summed E-state index contributed by atoms with van der Waals surface area (Å²) in [4.78, 5) is 29.8. The summed E-state index contributed by atoms with van der Waals surface area (Å²) in [5.74, 6) is -0.0752. The number of fused-ring (bicyclic) bond motifs is 1. The van der Waals surface area contributed by atoms with Gasteiger partial charge in [-0.2, -0.15) is 0 Å². The molecule has 1 atom stereocenters. The quantitative estimate of drug-likeness (QED) is 0.689. The number of aryl methyl sites for hydroxylation is 1. The van der Waals surface area contributed by atoms with Crippen LogP contribution in [0.25, 0.3) is 0 Å². The molecule has 28 heavy (non-hydrogen) atoms. The Morgan fingerprint density at radius 1 is 1.18 bits per heavy atom. The van der Waals surface area contributed by atoms with Crippen molar-refractivity contribution in [3.63, 3.8) is 0 Å². The highest BCUT2D eigenvalue weighted by Crippen LogP contribution is 2.38. The van der Waals surface area contributed by atoms with Crippen molar-refractivity contribution in [2.45, 2.75) is 31.7 Å². The summed E-state index contributed by atoms with van der Waals surface area (Å²) in [6, 6.07) is 0.118. The zero-order valence-corrected chi connectivity index (χ0v) is 17.4. The van der Waals surface area contributed by atoms with Crippen molar-refractivity contribution >= 4 is 38.0 Å². The minimum Gasteiger partial charge on any atom is -0.365 e. The lowest BCUT2D eigenvalue weighted by atomic mass is 10.1. The van der Waals surface area contributed by atoms with Crippen LogP contribution in [0, 0.1) is 0 Å². The van der Waals surface area contributed by atoms with Gasteiger partial charge in [-0.05, 0) is 31.2 Å². The SMILES string of the molecule is NC(=O)c1c(NC(=O)CN2CCN([C@H]3CCS(=O)(=O)C3)CC2)sc2c1CCC2. The molecule has 3 N–H and O–H groups in total. The average Bonchev–Trinajstić information content (AvgIpc) is 3.29. The molecule has 2 saturated heterocycles. The molecule has 10 heteroatoms. The van der Waals surface area contributed by atoms with E-state index in [1.54, 1.807) is 0 Å². The number of anilines is 1. The van der Waals surface area contributed by atoms with Crippen LogP contribution in [0.2, 0.25) is 0 Å². The molecule has 1 aromatic heterocycles. The van der Waals surface area contributed by atoms with E-state index in [1.165, 1.54) is 11.3 Å². The van der Waals surface area contributed by atoms with Crippen LogP contribution in [0.1, 0.15) is 33.6 Å². The van der Waals surface area contributed by atoms with Gasteiger partial charge in [0, 0.05) is 37.1 Å². The molecule has 0 aromatic carbocycles. The molecule has 1 aromatic rings. The molecule has 1 aliphatic carbocycles. The van der Waals surface area contributed by atoms with Crippen LogP contribution < -0.4 is 11.1 Å². The number of piperazine rings is 1. The molecule has 4 rings (SSSR count). The van der Waals surface area contributed by atoms with Crippen molar-refractivity contribution in [2.24, 2.45) is 5.73 Å². The number of hydrogen-bond acceptors (Lipinski definition) is 7. The Balaban J connectivity index is 1.31. The number of thiophene rings is 1. The first-order chi connectivity index (χ1) is 13.3. The first kappa shape index (κ1) is 19.8. The molecule has 0 spiro atoms. The summed E-state index contributed by atoms with van der Waals surface area (Å²) in [5, 5.41) is 3.47. The maximum absolute atomic E-state index is 12.5. The lowest BCUT2D eigenvalue weighted by Gasteiger charge is -2.37. The Bertz CT molecular complexity index is 888. The average molecular weight is 427 g/mol. The van der Waals surface area contributed by atoms with E-state index in [-0.39, 0.29) is 30.0 Å². The van der Waals surface area contributed by atoms with Gasteiger partial charge < -0.3 is 11.1 Å². The van der Waals surface area contributed by atoms with E-state index in [2.05, 4.69) is 15.1 Å². The van der Waals surface area contributed by atoms with Gasteiger partial charge in [-0.3, -0.25) is 19.4 Å². The highest BCUT2D eigenvalue weighted by atomic mass is 32.2. The second kappa shape index (κ2) is 7.74. The van der Waals surface area contributed by atoms with Crippen LogP contribution in [0.3, 0.4) is 0 Å². The van der Waals surface area contributed by atoms with Crippen LogP contribution in [0.4, 0.5) is 5.00 Å². The Morgan fingerprint density at radius 3 is 2.57 bits per heavy atom. The van der Waals surface area contributed by atoms with Crippen molar-refractivity contribution in [3.8, 4) is 0 Å². The zero-order valence-electron chi connectivity index (χ0n) is 15.8. The number of rotatable bonds is 5. The van der Waals surface area contributed by atoms with Crippen LogP contribution >= 0.6 is 11.3 Å². The highest BCUT2D eigenvalue weighted by molar-refractivity contribution is 7.91. The second-order valence-corrected chi connectivity index (χ2v) is 11.2. The third kappa shape index (κ3) is 4.10. The van der Waals surface area contributed by atoms with Gasteiger partial charge in [0.15, 0.2) is 9.84 Å². The van der Waals surface area contributed by atoms with Crippen LogP contribution in [-0.4, -0.2) is 80.3 Å². The fourth-order valence-electron chi connectivity index (χ4n) is 4.47. The first-order valence-corrected chi connectivity index (χ1v) is 12.4. The van der Waals surface area contributed by atoms with Crippen LogP contribution in [0.5, 0.6) is 0 Å². The first-order valence-electron chi connectivity index (χ1n) is 9.73. The summed E-state index contributed by atoms with van der Waals surface area (Å²) in [6.07, 6.45) is 3.53. The van der Waals surface area contributed by atoms with Gasteiger partial charge in [-0.15, -0.1) is 11.3 Å². The van der Waals surface area contributed by atoms with E-state index < -0.39 is 15.7 Å². The van der Waals surface area contributed by atoms with Gasteiger partial charge in [-0.1, -0.05) is 0 Å². The van der Waals surface area contributed by atoms with Crippen molar-refractivity contribution in [1.82, 2.24) is 9.80 Å². The number of carbonyl (C=O) groups excluding carboxylic acids is 2. The van der Waals surface area contributed by atoms with Crippen LogP contribution in [0.15, 0.2) is 0 Å². The summed E-state index contributed by atoms with van der Waals surface area (Å²) in [6.45, 7) is 3.26. The number of sulfone groups is 1. The number of carbonyl (C=O) groups is 2. The fourth-order valence-corrected chi connectivity index (χ4v) is 7.54. The normalized spacial score (nSPS) is 24.9. The van der Waals surface area contributed by atoms with Crippen molar-refractivity contribution < 1.29 is 18.0 Å². The summed E-state index contributed by atoms with van der Waals surface area (Å²) in [5.41, 5.74) is 7.04. The van der Waals surface area contributed by atoms with Crippen molar-refractivity contribution in [3.05, 3.63) is 16.0 Å². The summed E-state index contributed by atoms with van der Waals surface area (Å²) in [7, 11) is -2.88. The Labute approximate surface area is 169 Å². The molecule has 154 valence electrons. The lowest BCUT2D eigenvalue weighted by molar-refractivity contribution is -0.117. The molecule has 3 heterocycles. The Kier molecular flexibility index (Phi) is 5.47. The minimum atomic E-state index is -2.88. The molecule has 0 saturated carbocycles. The molecule has 0 bridgehead atoms. The molecule has 2 aliphatic heterocycles. The van der Waals surface area contributed by atoms with Crippen molar-refractivity contribution in [2.75, 3.05) is 49.5 Å². The van der Waals surface area contributed by atoms with Gasteiger partial charge in [0.1, 0.15) is 5.00 Å². The van der Waals surface area contributed by atoms with E-state index in [4.69, 9.17) is 5.73 Å². The topological polar surface area (TPSA) is 113 Å². The van der Waals surface area contributed by atoms with Crippen LogP contribution in [-0.2, 0) is 27.5 Å². The predicted molar refractivity (Wildman–Crippen MR) is 109 cm³/mol. The van der Waals surface area contributed by atoms with Crippen molar-refractivity contribution in [1.29, 1.82) is 0 Å². The molecule has 2 fully saturated rings. The Morgan fingerprint density at radius 2 is 1.93 bits per heavy atom. The van der Waals surface area contributed by atoms with E-state index in [1.807, 2.05) is 0 Å². The fraction of sp³-hybridized carbons (Fsp3) is 0.667. The molecule has 3 aliphatic rings. The van der Waals surface area contributed by atoms with Gasteiger partial charge in [0.25, 0.3) is 5.91 Å². The third-order valence-electron chi connectivity index (χ3n) is 5.92. The minimum absolute atomic E-state index is 0.118. The number of nitrogens with one attached hydrogen (secondary N) is 1. The largest absolute Gasteiger partial charge is 0.365 e. The van der Waals surface area contributed by atoms with Gasteiger partial charge in [-0.25, -0.2) is 8.42 Å². The number of hydrogen-bond donors (Lipinski definition) is 2. The maximum atomic E-state index is 12.5. The van der Waals surface area contributed by atoms with Gasteiger partial charge in [0.05, 0.1) is 23.6 Å². The smallest absolute Gasteiger partial charge is 0.251 e.